The number of halogens is 6. The third kappa shape index (κ3) is 6.62. The normalized spacial score (nSPS) is 13.7. The number of hydrogen-bond acceptors (Lipinski definition) is 8. The van der Waals surface area contributed by atoms with E-state index in [0.29, 0.717) is 0 Å². The quantitative estimate of drug-likeness (QED) is 0.368. The van der Waals surface area contributed by atoms with Crippen LogP contribution >= 0.6 is 0 Å². The van der Waals surface area contributed by atoms with E-state index in [4.69, 9.17) is 20.4 Å². The number of anilines is 3. The van der Waals surface area contributed by atoms with E-state index in [-0.39, 0.29) is 29.1 Å². The van der Waals surface area contributed by atoms with Crippen molar-refractivity contribution >= 4 is 35.4 Å². The Hall–Kier alpha value is -4.96. The van der Waals surface area contributed by atoms with Crippen molar-refractivity contribution in [2.75, 3.05) is 22.1 Å². The second-order valence-corrected chi connectivity index (χ2v) is 7.16. The van der Waals surface area contributed by atoms with Gasteiger partial charge in [-0.15, -0.1) is 0 Å². The molecule has 0 radical (unpaired) electrons. The van der Waals surface area contributed by atoms with Crippen LogP contribution in [0.3, 0.4) is 0 Å². The number of carbonyl (C=O) groups is 3. The van der Waals surface area contributed by atoms with Crippen LogP contribution in [0.1, 0.15) is 5.56 Å². The Morgan fingerprint density at radius 1 is 1.03 bits per heavy atom. The first-order valence-corrected chi connectivity index (χ1v) is 10.0. The zero-order valence-corrected chi connectivity index (χ0v) is 18.6. The third-order valence-electron chi connectivity index (χ3n) is 4.51. The van der Waals surface area contributed by atoms with Crippen LogP contribution in [0, 0.1) is 0 Å². The van der Waals surface area contributed by atoms with Crippen LogP contribution < -0.4 is 20.3 Å². The van der Waals surface area contributed by atoms with Crippen LogP contribution in [0.25, 0.3) is 0 Å². The predicted molar refractivity (Wildman–Crippen MR) is 116 cm³/mol. The summed E-state index contributed by atoms with van der Waals surface area (Å²) in [6, 6.07) is 7.67. The second kappa shape index (κ2) is 10.6. The molecule has 200 valence electrons. The lowest BCUT2D eigenvalue weighted by Gasteiger charge is -2.18. The van der Waals surface area contributed by atoms with Crippen LogP contribution in [0.5, 0.6) is 11.6 Å². The van der Waals surface area contributed by atoms with Gasteiger partial charge in [0.05, 0.1) is 11.8 Å². The first-order chi connectivity index (χ1) is 17.7. The number of carboxylic acid groups (broad SMARTS) is 1. The number of aliphatic carboxylic acids is 1. The molecule has 0 unspecified atom stereocenters. The number of imide groups is 1. The van der Waals surface area contributed by atoms with E-state index in [1.165, 1.54) is 42.7 Å². The SMILES string of the molecule is Nc1nccc(Oc2ccc(N3C(=O)CN(c4cccc(C(F)(F)F)c4)C3=O)nc2)n1.O=C(O)C(F)(F)F. The number of urea groups is 1. The number of aromatic nitrogens is 3. The molecule has 1 saturated heterocycles. The molecule has 1 aliphatic rings. The Balaban J connectivity index is 0.000000505. The smallest absolute Gasteiger partial charge is 0.475 e. The molecule has 1 fully saturated rings. The number of nitrogens with zero attached hydrogens (tertiary/aromatic N) is 5. The molecule has 17 heteroatoms. The van der Waals surface area contributed by atoms with E-state index in [0.717, 1.165) is 21.9 Å². The van der Waals surface area contributed by atoms with Gasteiger partial charge in [-0.1, -0.05) is 6.07 Å². The van der Waals surface area contributed by atoms with Crippen molar-refractivity contribution in [3.8, 4) is 11.6 Å². The molecule has 1 aliphatic heterocycles. The molecular formula is C21H14F6N6O5. The van der Waals surface area contributed by atoms with Crippen LogP contribution in [0.15, 0.2) is 54.9 Å². The van der Waals surface area contributed by atoms with Gasteiger partial charge < -0.3 is 15.6 Å². The minimum Gasteiger partial charge on any atom is -0.475 e. The standard InChI is InChI=1S/C19H13F3N6O3.C2HF3O2/c20-19(21,22)11-2-1-3-12(8-11)27-10-16(29)28(18(27)30)14-5-4-13(9-25-14)31-15-6-7-24-17(23)26-15;3-2(4,5)1(6)7/h1-9H,10H2,(H2,23,24,26);(H,6,7). The van der Waals surface area contributed by atoms with Crippen LogP contribution in [-0.2, 0) is 15.8 Å². The summed E-state index contributed by atoms with van der Waals surface area (Å²) in [6.45, 7) is -0.416. The highest BCUT2D eigenvalue weighted by Gasteiger charge is 2.40. The molecule has 11 nitrogen and oxygen atoms in total. The maximum absolute atomic E-state index is 13.0. The number of amides is 3. The molecule has 3 amide bonds. The first kappa shape index (κ1) is 27.6. The lowest BCUT2D eigenvalue weighted by molar-refractivity contribution is -0.192. The summed E-state index contributed by atoms with van der Waals surface area (Å²) >= 11 is 0. The van der Waals surface area contributed by atoms with E-state index in [9.17, 15) is 35.9 Å². The number of benzene rings is 1. The molecule has 3 N–H and O–H groups in total. The topological polar surface area (TPSA) is 152 Å². The molecule has 0 saturated carbocycles. The summed E-state index contributed by atoms with van der Waals surface area (Å²) in [5.41, 5.74) is 4.51. The van der Waals surface area contributed by atoms with Crippen molar-refractivity contribution in [3.05, 3.63) is 60.4 Å². The van der Waals surface area contributed by atoms with E-state index < -0.39 is 42.4 Å². The van der Waals surface area contributed by atoms with Gasteiger partial charge in [0.15, 0.2) is 0 Å². The molecular weight excluding hydrogens is 530 g/mol. The number of alkyl halides is 6. The first-order valence-electron chi connectivity index (χ1n) is 10.0. The van der Waals surface area contributed by atoms with Crippen molar-refractivity contribution < 1.29 is 50.6 Å². The minimum absolute atomic E-state index is 0.000901. The predicted octanol–water partition coefficient (Wildman–Crippen LogP) is 3.87. The molecule has 3 aromatic rings. The number of pyridine rings is 1. The summed E-state index contributed by atoms with van der Waals surface area (Å²) < 4.78 is 76.1. The Kier molecular flexibility index (Phi) is 7.68. The fraction of sp³-hybridized carbons (Fsp3) is 0.143. The monoisotopic (exact) mass is 544 g/mol. The Morgan fingerprint density at radius 2 is 1.71 bits per heavy atom. The third-order valence-corrected chi connectivity index (χ3v) is 4.51. The average molecular weight is 544 g/mol. The van der Waals surface area contributed by atoms with Gasteiger partial charge in [-0.3, -0.25) is 9.69 Å². The summed E-state index contributed by atoms with van der Waals surface area (Å²) in [6.07, 6.45) is -6.99. The van der Waals surface area contributed by atoms with Gasteiger partial charge in [-0.05, 0) is 30.3 Å². The van der Waals surface area contributed by atoms with Gasteiger partial charge in [0.2, 0.25) is 11.8 Å². The number of nitrogen functional groups attached to an aromatic ring is 1. The van der Waals surface area contributed by atoms with Crippen LogP contribution in [-0.4, -0.2) is 50.7 Å². The van der Waals surface area contributed by atoms with Gasteiger partial charge in [0.1, 0.15) is 18.1 Å². The number of rotatable bonds is 4. The van der Waals surface area contributed by atoms with Gasteiger partial charge in [0.25, 0.3) is 5.91 Å². The lowest BCUT2D eigenvalue weighted by Crippen LogP contribution is -2.33. The summed E-state index contributed by atoms with van der Waals surface area (Å²) in [4.78, 5) is 47.4. The maximum atomic E-state index is 13.0. The molecule has 1 aromatic carbocycles. The van der Waals surface area contributed by atoms with Crippen molar-refractivity contribution in [2.45, 2.75) is 12.4 Å². The molecule has 0 atom stereocenters. The molecule has 2 aromatic heterocycles. The zero-order chi connectivity index (χ0) is 28.3. The summed E-state index contributed by atoms with van der Waals surface area (Å²) in [5, 5.41) is 7.12. The highest BCUT2D eigenvalue weighted by molar-refractivity contribution is 6.26. The van der Waals surface area contributed by atoms with E-state index in [1.807, 2.05) is 0 Å². The van der Waals surface area contributed by atoms with Crippen LogP contribution in [0.2, 0.25) is 0 Å². The second-order valence-electron chi connectivity index (χ2n) is 7.16. The van der Waals surface area contributed by atoms with E-state index >= 15 is 0 Å². The number of carbonyl (C=O) groups excluding carboxylic acids is 2. The Morgan fingerprint density at radius 3 is 2.26 bits per heavy atom. The van der Waals surface area contributed by atoms with Crippen molar-refractivity contribution in [1.82, 2.24) is 15.0 Å². The molecule has 38 heavy (non-hydrogen) atoms. The summed E-state index contributed by atoms with van der Waals surface area (Å²) in [5.74, 6) is -2.94. The average Bonchev–Trinajstić information content (AvgIpc) is 3.13. The lowest BCUT2D eigenvalue weighted by atomic mass is 10.2. The fourth-order valence-electron chi connectivity index (χ4n) is 2.88. The molecule has 3 heterocycles. The number of hydrogen-bond donors (Lipinski definition) is 2. The number of nitrogens with two attached hydrogens (primary N) is 1. The van der Waals surface area contributed by atoms with Crippen molar-refractivity contribution in [1.29, 1.82) is 0 Å². The summed E-state index contributed by atoms with van der Waals surface area (Å²) in [7, 11) is 0. The van der Waals surface area contributed by atoms with Crippen LogP contribution in [0.4, 0.5) is 48.6 Å². The Labute approximate surface area is 208 Å². The number of carboxylic acids is 1. The maximum Gasteiger partial charge on any atom is 0.490 e. The zero-order valence-electron chi connectivity index (χ0n) is 18.6. The van der Waals surface area contributed by atoms with E-state index in [1.54, 1.807) is 0 Å². The molecule has 4 rings (SSSR count). The number of ether oxygens (including phenoxy) is 1. The van der Waals surface area contributed by atoms with Gasteiger partial charge in [-0.2, -0.15) is 31.3 Å². The van der Waals surface area contributed by atoms with Crippen molar-refractivity contribution in [2.24, 2.45) is 0 Å². The van der Waals surface area contributed by atoms with E-state index in [2.05, 4.69) is 15.0 Å². The molecule has 0 spiro atoms. The Bertz CT molecular complexity index is 1350. The van der Waals surface area contributed by atoms with Gasteiger partial charge in [-0.25, -0.2) is 24.5 Å². The fourth-order valence-corrected chi connectivity index (χ4v) is 2.88. The molecule has 0 bridgehead atoms. The van der Waals surface area contributed by atoms with Crippen molar-refractivity contribution in [3.63, 3.8) is 0 Å². The highest BCUT2D eigenvalue weighted by Crippen LogP contribution is 2.33. The van der Waals surface area contributed by atoms with Gasteiger partial charge >= 0.3 is 24.4 Å². The van der Waals surface area contributed by atoms with Gasteiger partial charge in [0, 0.05) is 18.0 Å². The highest BCUT2D eigenvalue weighted by atomic mass is 19.4. The largest absolute Gasteiger partial charge is 0.490 e. The minimum atomic E-state index is -5.08. The molecule has 0 aliphatic carbocycles.